The number of ketones is 1. The van der Waals surface area contributed by atoms with E-state index in [2.05, 4.69) is 18.7 Å². The number of rotatable bonds is 8. The third kappa shape index (κ3) is 5.62. The molecular weight excluding hydrogens is 262 g/mol. The van der Waals surface area contributed by atoms with Crippen molar-refractivity contribution in [3.63, 3.8) is 0 Å². The highest BCUT2D eigenvalue weighted by atomic mass is 35.5. The van der Waals surface area contributed by atoms with E-state index in [9.17, 15) is 4.79 Å². The second-order valence-electron chi connectivity index (χ2n) is 4.15. The van der Waals surface area contributed by atoms with Gasteiger partial charge in [0.05, 0.1) is 5.56 Å². The van der Waals surface area contributed by atoms with E-state index in [4.69, 9.17) is 4.74 Å². The number of benzene rings is 1. The van der Waals surface area contributed by atoms with E-state index in [1.165, 1.54) is 0 Å². The number of hydrogen-bond donors (Lipinski definition) is 0. The monoisotopic (exact) mass is 285 g/mol. The molecule has 0 amide bonds. The van der Waals surface area contributed by atoms with Crippen molar-refractivity contribution in [2.24, 2.45) is 0 Å². The highest BCUT2D eigenvalue weighted by Gasteiger charge is 2.10. The summed E-state index contributed by atoms with van der Waals surface area (Å²) in [5.74, 6) is 0.838. The van der Waals surface area contributed by atoms with Crippen LogP contribution in [0.25, 0.3) is 0 Å². The zero-order valence-corrected chi connectivity index (χ0v) is 12.8. The summed E-state index contributed by atoms with van der Waals surface area (Å²) in [5, 5.41) is 0. The maximum absolute atomic E-state index is 11.8. The van der Waals surface area contributed by atoms with Gasteiger partial charge in [0.2, 0.25) is 0 Å². The van der Waals surface area contributed by atoms with Gasteiger partial charge in [0.15, 0.2) is 5.78 Å². The Morgan fingerprint density at radius 3 is 2.37 bits per heavy atom. The summed E-state index contributed by atoms with van der Waals surface area (Å²) in [4.78, 5) is 14.0. The molecule has 3 nitrogen and oxygen atoms in total. The SMILES string of the molecule is CCC(=O)c1ccccc1OCCN(CC)CC.Cl. The second kappa shape index (κ2) is 9.82. The summed E-state index contributed by atoms with van der Waals surface area (Å²) in [6, 6.07) is 7.48. The number of hydrogen-bond acceptors (Lipinski definition) is 3. The third-order valence-corrected chi connectivity index (χ3v) is 3.07. The molecular formula is C15H24ClNO2. The first-order valence-electron chi connectivity index (χ1n) is 6.70. The number of nitrogens with zero attached hydrogens (tertiary/aromatic N) is 1. The average Bonchev–Trinajstić information content (AvgIpc) is 2.43. The zero-order valence-electron chi connectivity index (χ0n) is 12.0. The van der Waals surface area contributed by atoms with Crippen molar-refractivity contribution in [2.45, 2.75) is 27.2 Å². The minimum atomic E-state index is 0. The highest BCUT2D eigenvalue weighted by molar-refractivity contribution is 5.98. The van der Waals surface area contributed by atoms with E-state index >= 15 is 0 Å². The minimum absolute atomic E-state index is 0. The minimum Gasteiger partial charge on any atom is -0.491 e. The quantitative estimate of drug-likeness (QED) is 0.686. The molecule has 0 N–H and O–H groups in total. The molecule has 0 heterocycles. The van der Waals surface area contributed by atoms with Crippen LogP contribution in [0.15, 0.2) is 24.3 Å². The molecule has 0 radical (unpaired) electrons. The fourth-order valence-electron chi connectivity index (χ4n) is 1.84. The topological polar surface area (TPSA) is 29.5 Å². The molecule has 19 heavy (non-hydrogen) atoms. The number of ether oxygens (including phenoxy) is 1. The van der Waals surface area contributed by atoms with Crippen LogP contribution in [0.5, 0.6) is 5.75 Å². The van der Waals surface area contributed by atoms with Crippen LogP contribution in [0.4, 0.5) is 0 Å². The fraction of sp³-hybridized carbons (Fsp3) is 0.533. The molecule has 0 saturated heterocycles. The Morgan fingerprint density at radius 1 is 1.16 bits per heavy atom. The van der Waals surface area contributed by atoms with Gasteiger partial charge in [-0.25, -0.2) is 0 Å². The lowest BCUT2D eigenvalue weighted by Gasteiger charge is -2.18. The molecule has 0 unspecified atom stereocenters. The molecule has 0 aliphatic rings. The summed E-state index contributed by atoms with van der Waals surface area (Å²) in [6.07, 6.45) is 0.510. The maximum Gasteiger partial charge on any atom is 0.166 e. The number of likely N-dealkylation sites (N-methyl/N-ethyl adjacent to an activating group) is 1. The number of para-hydroxylation sites is 1. The lowest BCUT2D eigenvalue weighted by atomic mass is 10.1. The van der Waals surface area contributed by atoms with Gasteiger partial charge in [-0.2, -0.15) is 0 Å². The lowest BCUT2D eigenvalue weighted by Crippen LogP contribution is -2.28. The zero-order chi connectivity index (χ0) is 13.4. The predicted octanol–water partition coefficient (Wildman–Crippen LogP) is 3.42. The molecule has 0 aliphatic heterocycles. The van der Waals surface area contributed by atoms with Crippen LogP contribution in [0.2, 0.25) is 0 Å². The Balaban J connectivity index is 0.00000324. The van der Waals surface area contributed by atoms with Crippen LogP contribution in [0.3, 0.4) is 0 Å². The Hall–Kier alpha value is -1.06. The number of carbonyl (C=O) groups is 1. The van der Waals surface area contributed by atoms with Crippen LogP contribution >= 0.6 is 12.4 Å². The van der Waals surface area contributed by atoms with Crippen molar-refractivity contribution in [1.82, 2.24) is 4.90 Å². The Bertz CT molecular complexity index is 378. The fourth-order valence-corrected chi connectivity index (χ4v) is 1.84. The molecule has 0 spiro atoms. The normalized spacial score (nSPS) is 10.1. The maximum atomic E-state index is 11.8. The lowest BCUT2D eigenvalue weighted by molar-refractivity contribution is 0.0983. The van der Waals surface area contributed by atoms with Crippen molar-refractivity contribution >= 4 is 18.2 Å². The molecule has 1 aromatic carbocycles. The number of carbonyl (C=O) groups excluding carboxylic acids is 1. The van der Waals surface area contributed by atoms with E-state index < -0.39 is 0 Å². The van der Waals surface area contributed by atoms with Gasteiger partial charge in [0, 0.05) is 13.0 Å². The number of Topliss-reactive ketones (excluding diaryl/α,β-unsaturated/α-hetero) is 1. The molecule has 108 valence electrons. The van der Waals surface area contributed by atoms with Gasteiger partial charge in [-0.05, 0) is 25.2 Å². The molecule has 0 fully saturated rings. The first-order valence-corrected chi connectivity index (χ1v) is 6.70. The molecule has 0 atom stereocenters. The standard InChI is InChI=1S/C15H23NO2.ClH/c1-4-14(17)13-9-7-8-10-15(13)18-12-11-16(5-2)6-3;/h7-10H,4-6,11-12H2,1-3H3;1H. The predicted molar refractivity (Wildman–Crippen MR) is 81.6 cm³/mol. The third-order valence-electron chi connectivity index (χ3n) is 3.07. The van der Waals surface area contributed by atoms with E-state index in [1.54, 1.807) is 0 Å². The average molecular weight is 286 g/mol. The van der Waals surface area contributed by atoms with Crippen LogP contribution in [-0.4, -0.2) is 36.9 Å². The van der Waals surface area contributed by atoms with Crippen LogP contribution in [0.1, 0.15) is 37.6 Å². The first-order chi connectivity index (χ1) is 8.72. The van der Waals surface area contributed by atoms with Crippen molar-refractivity contribution in [3.05, 3.63) is 29.8 Å². The number of halogens is 1. The van der Waals surface area contributed by atoms with Crippen LogP contribution in [-0.2, 0) is 0 Å². The largest absolute Gasteiger partial charge is 0.491 e. The van der Waals surface area contributed by atoms with E-state index in [-0.39, 0.29) is 18.2 Å². The molecule has 0 bridgehead atoms. The van der Waals surface area contributed by atoms with E-state index in [1.807, 2.05) is 31.2 Å². The van der Waals surface area contributed by atoms with Gasteiger partial charge >= 0.3 is 0 Å². The highest BCUT2D eigenvalue weighted by Crippen LogP contribution is 2.19. The van der Waals surface area contributed by atoms with Crippen molar-refractivity contribution in [2.75, 3.05) is 26.2 Å². The second-order valence-corrected chi connectivity index (χ2v) is 4.15. The molecule has 0 aliphatic carbocycles. The first kappa shape index (κ1) is 17.9. The van der Waals surface area contributed by atoms with Gasteiger partial charge in [-0.15, -0.1) is 12.4 Å². The van der Waals surface area contributed by atoms with Crippen LogP contribution in [0, 0.1) is 0 Å². The summed E-state index contributed by atoms with van der Waals surface area (Å²) >= 11 is 0. The van der Waals surface area contributed by atoms with Gasteiger partial charge < -0.3 is 9.64 Å². The van der Waals surface area contributed by atoms with Crippen molar-refractivity contribution in [1.29, 1.82) is 0 Å². The molecule has 1 rings (SSSR count). The Morgan fingerprint density at radius 2 is 1.79 bits per heavy atom. The summed E-state index contributed by atoms with van der Waals surface area (Å²) in [5.41, 5.74) is 0.694. The van der Waals surface area contributed by atoms with E-state index in [0.29, 0.717) is 24.3 Å². The summed E-state index contributed by atoms with van der Waals surface area (Å²) < 4.78 is 5.73. The van der Waals surface area contributed by atoms with Crippen LogP contribution < -0.4 is 4.74 Å². The Kier molecular flexibility index (Phi) is 9.27. The molecule has 4 heteroatoms. The van der Waals surface area contributed by atoms with Crippen molar-refractivity contribution in [3.8, 4) is 5.75 Å². The van der Waals surface area contributed by atoms with Gasteiger partial charge in [0.25, 0.3) is 0 Å². The van der Waals surface area contributed by atoms with Crippen molar-refractivity contribution < 1.29 is 9.53 Å². The summed E-state index contributed by atoms with van der Waals surface area (Å²) in [7, 11) is 0. The van der Waals surface area contributed by atoms with Gasteiger partial charge in [-0.1, -0.05) is 32.9 Å². The molecule has 0 aromatic heterocycles. The Labute approximate surface area is 122 Å². The summed E-state index contributed by atoms with van der Waals surface area (Å²) in [6.45, 7) is 9.70. The van der Waals surface area contributed by atoms with Gasteiger partial charge in [-0.3, -0.25) is 4.79 Å². The molecule has 1 aromatic rings. The van der Waals surface area contributed by atoms with Gasteiger partial charge in [0.1, 0.15) is 12.4 Å². The molecule has 0 saturated carbocycles. The van der Waals surface area contributed by atoms with E-state index in [0.717, 1.165) is 19.6 Å². The smallest absolute Gasteiger partial charge is 0.166 e.